The van der Waals surface area contributed by atoms with Crippen LogP contribution >= 0.6 is 0 Å². The van der Waals surface area contributed by atoms with Crippen LogP contribution in [-0.2, 0) is 4.79 Å². The zero-order valence-corrected chi connectivity index (χ0v) is 20.1. The minimum atomic E-state index is -0.180. The maximum atomic E-state index is 13.4. The summed E-state index contributed by atoms with van der Waals surface area (Å²) in [4.78, 5) is 15.6. The van der Waals surface area contributed by atoms with Crippen molar-refractivity contribution in [3.63, 3.8) is 0 Å². The number of carbonyl (C=O) groups is 1. The van der Waals surface area contributed by atoms with E-state index >= 15 is 0 Å². The molecule has 1 aliphatic heterocycles. The summed E-state index contributed by atoms with van der Waals surface area (Å²) < 4.78 is 1.80. The SMILES string of the molecule is Cc1cc(C)n(-c2ccc(N3CCCC(C(=O)NC(c4ccccc4)c4ccccc4)C3)nn2)n1. The first-order valence-corrected chi connectivity index (χ1v) is 12.1. The van der Waals surface area contributed by atoms with E-state index in [2.05, 4.69) is 49.8 Å². The van der Waals surface area contributed by atoms with Gasteiger partial charge in [-0.1, -0.05) is 60.7 Å². The van der Waals surface area contributed by atoms with Gasteiger partial charge in [-0.3, -0.25) is 4.79 Å². The van der Waals surface area contributed by atoms with E-state index in [1.807, 2.05) is 68.4 Å². The molecule has 0 spiro atoms. The van der Waals surface area contributed by atoms with Crippen LogP contribution in [0.25, 0.3) is 5.82 Å². The highest BCUT2D eigenvalue weighted by Gasteiger charge is 2.29. The molecule has 1 unspecified atom stereocenters. The fraction of sp³-hybridized carbons (Fsp3) is 0.286. The molecule has 178 valence electrons. The van der Waals surface area contributed by atoms with Gasteiger partial charge in [0.2, 0.25) is 5.91 Å². The molecule has 0 saturated carbocycles. The predicted molar refractivity (Wildman–Crippen MR) is 136 cm³/mol. The summed E-state index contributed by atoms with van der Waals surface area (Å²) in [6, 6.07) is 26.0. The van der Waals surface area contributed by atoms with Gasteiger partial charge >= 0.3 is 0 Å². The number of nitrogens with zero attached hydrogens (tertiary/aromatic N) is 5. The highest BCUT2D eigenvalue weighted by molar-refractivity contribution is 5.80. The lowest BCUT2D eigenvalue weighted by Crippen LogP contribution is -2.44. The van der Waals surface area contributed by atoms with E-state index in [0.717, 1.165) is 47.7 Å². The molecule has 3 heterocycles. The Kier molecular flexibility index (Phi) is 6.57. The van der Waals surface area contributed by atoms with Crippen molar-refractivity contribution in [3.8, 4) is 5.82 Å². The molecular weight excluding hydrogens is 436 g/mol. The van der Waals surface area contributed by atoms with Gasteiger partial charge in [0, 0.05) is 18.8 Å². The lowest BCUT2D eigenvalue weighted by Gasteiger charge is -2.33. The minimum Gasteiger partial charge on any atom is -0.354 e. The fourth-order valence-electron chi connectivity index (χ4n) is 4.77. The van der Waals surface area contributed by atoms with E-state index < -0.39 is 0 Å². The molecule has 35 heavy (non-hydrogen) atoms. The Hall–Kier alpha value is -4.00. The number of nitrogens with one attached hydrogen (secondary N) is 1. The highest BCUT2D eigenvalue weighted by atomic mass is 16.2. The van der Waals surface area contributed by atoms with Crippen LogP contribution in [0, 0.1) is 19.8 Å². The van der Waals surface area contributed by atoms with E-state index in [0.29, 0.717) is 12.4 Å². The normalized spacial score (nSPS) is 15.9. The van der Waals surface area contributed by atoms with Crippen molar-refractivity contribution in [3.05, 3.63) is 101 Å². The molecular formula is C28H30N6O. The average Bonchev–Trinajstić information content (AvgIpc) is 3.26. The van der Waals surface area contributed by atoms with E-state index in [9.17, 15) is 4.79 Å². The van der Waals surface area contributed by atoms with Crippen LogP contribution in [0.4, 0.5) is 5.82 Å². The number of anilines is 1. The molecule has 2 aromatic heterocycles. The maximum absolute atomic E-state index is 13.4. The van der Waals surface area contributed by atoms with E-state index in [1.54, 1.807) is 4.68 Å². The van der Waals surface area contributed by atoms with Crippen molar-refractivity contribution in [2.24, 2.45) is 5.92 Å². The van der Waals surface area contributed by atoms with Crippen LogP contribution in [-0.4, -0.2) is 39.0 Å². The Bertz CT molecular complexity index is 1230. The summed E-state index contributed by atoms with van der Waals surface area (Å²) in [6.45, 7) is 5.44. The van der Waals surface area contributed by atoms with Crippen molar-refractivity contribution < 1.29 is 4.79 Å². The van der Waals surface area contributed by atoms with Gasteiger partial charge in [-0.25, -0.2) is 4.68 Å². The highest BCUT2D eigenvalue weighted by Crippen LogP contribution is 2.26. The molecule has 0 bridgehead atoms. The van der Waals surface area contributed by atoms with Gasteiger partial charge in [0.15, 0.2) is 11.6 Å². The number of rotatable bonds is 6. The van der Waals surface area contributed by atoms with Crippen LogP contribution in [0.3, 0.4) is 0 Å². The summed E-state index contributed by atoms with van der Waals surface area (Å²) in [5.74, 6) is 1.44. The van der Waals surface area contributed by atoms with Gasteiger partial charge in [-0.2, -0.15) is 5.10 Å². The second-order valence-corrected chi connectivity index (χ2v) is 9.14. The van der Waals surface area contributed by atoms with Crippen molar-refractivity contribution in [2.75, 3.05) is 18.0 Å². The van der Waals surface area contributed by atoms with Gasteiger partial charge < -0.3 is 10.2 Å². The molecule has 1 amide bonds. The fourth-order valence-corrected chi connectivity index (χ4v) is 4.77. The van der Waals surface area contributed by atoms with Crippen LogP contribution in [0.1, 0.15) is 41.4 Å². The Morgan fingerprint density at radius 1 is 0.914 bits per heavy atom. The summed E-state index contributed by atoms with van der Waals surface area (Å²) in [7, 11) is 0. The Morgan fingerprint density at radius 3 is 2.11 bits per heavy atom. The number of benzene rings is 2. The van der Waals surface area contributed by atoms with E-state index in [-0.39, 0.29) is 17.9 Å². The largest absolute Gasteiger partial charge is 0.354 e. The van der Waals surface area contributed by atoms with Crippen LogP contribution in [0.5, 0.6) is 0 Å². The number of hydrogen-bond donors (Lipinski definition) is 1. The predicted octanol–water partition coefficient (Wildman–Crippen LogP) is 4.40. The first kappa shape index (κ1) is 22.8. The number of amides is 1. The van der Waals surface area contributed by atoms with E-state index in [4.69, 9.17) is 0 Å². The number of carbonyl (C=O) groups excluding carboxylic acids is 1. The molecule has 1 N–H and O–H groups in total. The molecule has 1 aliphatic rings. The molecule has 7 nitrogen and oxygen atoms in total. The first-order valence-electron chi connectivity index (χ1n) is 12.1. The van der Waals surface area contributed by atoms with Gasteiger partial charge in [-0.05, 0) is 56.0 Å². The van der Waals surface area contributed by atoms with Crippen LogP contribution in [0.15, 0.2) is 78.9 Å². The standard InChI is InChI=1S/C28H30N6O/c1-20-18-21(2)34(32-20)26-16-15-25(30-31-26)33-17-9-14-24(19-33)28(35)29-27(22-10-5-3-6-11-22)23-12-7-4-8-13-23/h3-8,10-13,15-16,18,24,27H,9,14,17,19H2,1-2H3,(H,29,35). The molecule has 2 aromatic carbocycles. The smallest absolute Gasteiger partial charge is 0.225 e. The molecule has 0 radical (unpaired) electrons. The minimum absolute atomic E-state index is 0.0691. The Balaban J connectivity index is 1.30. The molecule has 1 atom stereocenters. The number of piperidine rings is 1. The van der Waals surface area contributed by atoms with Gasteiger partial charge in [0.05, 0.1) is 17.7 Å². The van der Waals surface area contributed by atoms with Crippen molar-refractivity contribution in [1.29, 1.82) is 0 Å². The Labute approximate surface area is 205 Å². The Morgan fingerprint density at radius 2 is 1.54 bits per heavy atom. The molecule has 7 heteroatoms. The average molecular weight is 467 g/mol. The van der Waals surface area contributed by atoms with Gasteiger partial charge in [-0.15, -0.1) is 10.2 Å². The van der Waals surface area contributed by atoms with Gasteiger partial charge in [0.1, 0.15) is 0 Å². The lowest BCUT2D eigenvalue weighted by atomic mass is 9.94. The summed E-state index contributed by atoms with van der Waals surface area (Å²) in [6.07, 6.45) is 1.79. The quantitative estimate of drug-likeness (QED) is 0.456. The van der Waals surface area contributed by atoms with Crippen molar-refractivity contribution in [1.82, 2.24) is 25.3 Å². The van der Waals surface area contributed by atoms with Crippen LogP contribution < -0.4 is 10.2 Å². The number of aryl methyl sites for hydroxylation is 2. The monoisotopic (exact) mass is 466 g/mol. The van der Waals surface area contributed by atoms with Crippen LogP contribution in [0.2, 0.25) is 0 Å². The second kappa shape index (κ2) is 10.1. The summed E-state index contributed by atoms with van der Waals surface area (Å²) >= 11 is 0. The maximum Gasteiger partial charge on any atom is 0.225 e. The topological polar surface area (TPSA) is 75.9 Å². The van der Waals surface area contributed by atoms with Crippen molar-refractivity contribution >= 4 is 11.7 Å². The van der Waals surface area contributed by atoms with Gasteiger partial charge in [0.25, 0.3) is 0 Å². The molecule has 5 rings (SSSR count). The third-order valence-corrected chi connectivity index (χ3v) is 6.53. The number of aromatic nitrogens is 4. The lowest BCUT2D eigenvalue weighted by molar-refractivity contribution is -0.125. The molecule has 0 aliphatic carbocycles. The molecule has 4 aromatic rings. The number of hydrogen-bond acceptors (Lipinski definition) is 5. The zero-order chi connectivity index (χ0) is 24.2. The second-order valence-electron chi connectivity index (χ2n) is 9.14. The zero-order valence-electron chi connectivity index (χ0n) is 20.1. The summed E-state index contributed by atoms with van der Waals surface area (Å²) in [5, 5.41) is 16.7. The molecule has 1 saturated heterocycles. The first-order chi connectivity index (χ1) is 17.1. The third kappa shape index (κ3) is 5.09. The third-order valence-electron chi connectivity index (χ3n) is 6.53. The van der Waals surface area contributed by atoms with E-state index in [1.165, 1.54) is 0 Å². The summed E-state index contributed by atoms with van der Waals surface area (Å²) in [5.41, 5.74) is 4.11. The molecule has 1 fully saturated rings. The van der Waals surface area contributed by atoms with Crippen molar-refractivity contribution in [2.45, 2.75) is 32.7 Å².